The zero-order chi connectivity index (χ0) is 12.7. The molecule has 1 rings (SSSR count). The van der Waals surface area contributed by atoms with Crippen LogP contribution in [0.15, 0.2) is 18.2 Å². The molecule has 0 unspecified atom stereocenters. The maximum absolute atomic E-state index is 9.58. The summed E-state index contributed by atoms with van der Waals surface area (Å²) in [5, 5.41) is 10.3. The van der Waals surface area contributed by atoms with E-state index in [1.165, 1.54) is 31.2 Å². The topological polar surface area (TPSA) is 20.2 Å². The van der Waals surface area contributed by atoms with Crippen molar-refractivity contribution in [3.8, 4) is 5.75 Å². The van der Waals surface area contributed by atoms with Crippen molar-refractivity contribution in [3.05, 3.63) is 29.3 Å². The van der Waals surface area contributed by atoms with E-state index in [1.54, 1.807) is 6.07 Å². The normalized spacial score (nSPS) is 11.1. The number of halogens is 1. The van der Waals surface area contributed by atoms with E-state index in [0.29, 0.717) is 5.75 Å². The lowest BCUT2D eigenvalue weighted by molar-refractivity contribution is 0.470. The van der Waals surface area contributed by atoms with Crippen LogP contribution in [-0.2, 0) is 11.8 Å². The maximum atomic E-state index is 9.58. The summed E-state index contributed by atoms with van der Waals surface area (Å²) in [4.78, 5) is 0. The van der Waals surface area contributed by atoms with Crippen molar-refractivity contribution in [2.75, 3.05) is 0 Å². The average molecular weight is 299 g/mol. The Hall–Kier alpha value is -0.500. The third-order valence-electron chi connectivity index (χ3n) is 3.03. The summed E-state index contributed by atoms with van der Waals surface area (Å²) in [5.41, 5.74) is 2.33. The first-order chi connectivity index (χ1) is 8.13. The van der Waals surface area contributed by atoms with Crippen LogP contribution in [-0.4, -0.2) is 5.11 Å². The van der Waals surface area contributed by atoms with Crippen LogP contribution in [0.3, 0.4) is 0 Å². The van der Waals surface area contributed by atoms with Crippen LogP contribution < -0.4 is 0 Å². The van der Waals surface area contributed by atoms with Crippen molar-refractivity contribution < 1.29 is 5.11 Å². The smallest absolute Gasteiger partial charge is 0.119 e. The molecule has 96 valence electrons. The lowest BCUT2D eigenvalue weighted by atomic mass is 10.0. The average Bonchev–Trinajstić information content (AvgIpc) is 2.30. The summed E-state index contributed by atoms with van der Waals surface area (Å²) in [5.74, 6) is 1.22. The molecule has 0 aliphatic heterocycles. The van der Waals surface area contributed by atoms with Gasteiger partial charge in [0.15, 0.2) is 0 Å². The SMILES string of the molecule is CC(C)CCCCCc1ccc(O)c(CBr)c1. The highest BCUT2D eigenvalue weighted by molar-refractivity contribution is 9.08. The van der Waals surface area contributed by atoms with Crippen molar-refractivity contribution in [1.82, 2.24) is 0 Å². The van der Waals surface area contributed by atoms with Crippen molar-refractivity contribution in [3.63, 3.8) is 0 Å². The highest BCUT2D eigenvalue weighted by Crippen LogP contribution is 2.22. The van der Waals surface area contributed by atoms with E-state index in [9.17, 15) is 5.11 Å². The minimum atomic E-state index is 0.394. The van der Waals surface area contributed by atoms with Gasteiger partial charge in [0.1, 0.15) is 5.75 Å². The van der Waals surface area contributed by atoms with Gasteiger partial charge >= 0.3 is 0 Å². The zero-order valence-corrected chi connectivity index (χ0v) is 12.5. The molecule has 0 aliphatic carbocycles. The van der Waals surface area contributed by atoms with Crippen LogP contribution >= 0.6 is 15.9 Å². The van der Waals surface area contributed by atoms with Gasteiger partial charge in [-0.3, -0.25) is 0 Å². The van der Waals surface area contributed by atoms with E-state index in [4.69, 9.17) is 0 Å². The summed E-state index contributed by atoms with van der Waals surface area (Å²) in [6, 6.07) is 5.94. The van der Waals surface area contributed by atoms with Gasteiger partial charge in [-0.15, -0.1) is 0 Å². The highest BCUT2D eigenvalue weighted by atomic mass is 79.9. The molecule has 1 aromatic rings. The Balaban J connectivity index is 2.32. The minimum Gasteiger partial charge on any atom is -0.508 e. The maximum Gasteiger partial charge on any atom is 0.119 e. The van der Waals surface area contributed by atoms with Crippen LogP contribution in [0.5, 0.6) is 5.75 Å². The second-order valence-electron chi connectivity index (χ2n) is 5.09. The Kier molecular flexibility index (Phi) is 6.64. The summed E-state index contributed by atoms with van der Waals surface area (Å²) < 4.78 is 0. The molecule has 2 heteroatoms. The second kappa shape index (κ2) is 7.75. The number of aromatic hydroxyl groups is 1. The lowest BCUT2D eigenvalue weighted by Gasteiger charge is -2.06. The van der Waals surface area contributed by atoms with Gasteiger partial charge in [-0.2, -0.15) is 0 Å². The number of hydrogen-bond donors (Lipinski definition) is 1. The Labute approximate surface area is 113 Å². The first-order valence-corrected chi connectivity index (χ1v) is 7.62. The van der Waals surface area contributed by atoms with Crippen LogP contribution in [0.4, 0.5) is 0 Å². The van der Waals surface area contributed by atoms with E-state index >= 15 is 0 Å². The van der Waals surface area contributed by atoms with Crippen molar-refractivity contribution in [1.29, 1.82) is 0 Å². The third kappa shape index (κ3) is 5.58. The van der Waals surface area contributed by atoms with Gasteiger partial charge in [-0.25, -0.2) is 0 Å². The van der Waals surface area contributed by atoms with E-state index in [1.807, 2.05) is 6.07 Å². The molecule has 0 amide bonds. The van der Waals surface area contributed by atoms with Gasteiger partial charge < -0.3 is 5.11 Å². The molecule has 1 N–H and O–H groups in total. The molecule has 0 bridgehead atoms. The molecule has 1 aromatic carbocycles. The predicted octanol–water partition coefficient (Wildman–Crippen LogP) is 5.05. The largest absolute Gasteiger partial charge is 0.508 e. The number of alkyl halides is 1. The van der Waals surface area contributed by atoms with Crippen molar-refractivity contribution >= 4 is 15.9 Å². The molecule has 0 radical (unpaired) electrons. The number of hydrogen-bond acceptors (Lipinski definition) is 1. The Bertz CT molecular complexity index is 334. The fourth-order valence-electron chi connectivity index (χ4n) is 1.96. The monoisotopic (exact) mass is 298 g/mol. The lowest BCUT2D eigenvalue weighted by Crippen LogP contribution is -1.91. The number of rotatable bonds is 7. The van der Waals surface area contributed by atoms with Crippen LogP contribution in [0, 0.1) is 5.92 Å². The summed E-state index contributed by atoms with van der Waals surface area (Å²) >= 11 is 3.39. The molecule has 0 fully saturated rings. The fourth-order valence-corrected chi connectivity index (χ4v) is 2.41. The van der Waals surface area contributed by atoms with Gasteiger partial charge in [0.2, 0.25) is 0 Å². The van der Waals surface area contributed by atoms with E-state index in [2.05, 4.69) is 35.8 Å². The third-order valence-corrected chi connectivity index (χ3v) is 3.64. The molecule has 17 heavy (non-hydrogen) atoms. The highest BCUT2D eigenvalue weighted by Gasteiger charge is 2.01. The quantitative estimate of drug-likeness (QED) is 0.552. The molecule has 0 aromatic heterocycles. The van der Waals surface area contributed by atoms with Gasteiger partial charge in [-0.05, 0) is 30.4 Å². The molecule has 0 saturated carbocycles. The van der Waals surface area contributed by atoms with E-state index < -0.39 is 0 Å². The zero-order valence-electron chi connectivity index (χ0n) is 10.9. The molecule has 1 nitrogen and oxygen atoms in total. The molecule has 0 spiro atoms. The number of aryl methyl sites for hydroxylation is 1. The standard InChI is InChI=1S/C15H23BrO/c1-12(2)6-4-3-5-7-13-8-9-15(17)14(10-13)11-16/h8-10,12,17H,3-7,11H2,1-2H3. The predicted molar refractivity (Wildman–Crippen MR) is 77.7 cm³/mol. The van der Waals surface area contributed by atoms with Crippen LogP contribution in [0.25, 0.3) is 0 Å². The van der Waals surface area contributed by atoms with Crippen LogP contribution in [0.1, 0.15) is 50.7 Å². The molecular weight excluding hydrogens is 276 g/mol. The first kappa shape index (κ1) is 14.6. The number of phenols is 1. The van der Waals surface area contributed by atoms with E-state index in [0.717, 1.165) is 23.2 Å². The Morgan fingerprint density at radius 1 is 1.18 bits per heavy atom. The number of phenolic OH excluding ortho intramolecular Hbond substituents is 1. The van der Waals surface area contributed by atoms with E-state index in [-0.39, 0.29) is 0 Å². The first-order valence-electron chi connectivity index (χ1n) is 6.50. The molecule has 0 saturated heterocycles. The molecule has 0 heterocycles. The fraction of sp³-hybridized carbons (Fsp3) is 0.600. The van der Waals surface area contributed by atoms with Gasteiger partial charge in [-0.1, -0.05) is 61.2 Å². The molecular formula is C15H23BrO. The summed E-state index contributed by atoms with van der Waals surface area (Å²) in [6.07, 6.45) is 6.35. The second-order valence-corrected chi connectivity index (χ2v) is 5.65. The van der Waals surface area contributed by atoms with Crippen molar-refractivity contribution in [2.24, 2.45) is 5.92 Å². The van der Waals surface area contributed by atoms with Gasteiger partial charge in [0.05, 0.1) is 0 Å². The minimum absolute atomic E-state index is 0.394. The van der Waals surface area contributed by atoms with Gasteiger partial charge in [0, 0.05) is 10.9 Å². The van der Waals surface area contributed by atoms with Crippen molar-refractivity contribution in [2.45, 2.75) is 51.3 Å². The van der Waals surface area contributed by atoms with Crippen LogP contribution in [0.2, 0.25) is 0 Å². The summed E-state index contributed by atoms with van der Waals surface area (Å²) in [6.45, 7) is 4.56. The Morgan fingerprint density at radius 2 is 1.94 bits per heavy atom. The Morgan fingerprint density at radius 3 is 2.59 bits per heavy atom. The molecule has 0 aliphatic rings. The molecule has 0 atom stereocenters. The number of unbranched alkanes of at least 4 members (excludes halogenated alkanes) is 2. The number of benzene rings is 1. The summed E-state index contributed by atoms with van der Waals surface area (Å²) in [7, 11) is 0. The van der Waals surface area contributed by atoms with Gasteiger partial charge in [0.25, 0.3) is 0 Å².